The Balaban J connectivity index is 2.03. The molecule has 142 valence electrons. The summed E-state index contributed by atoms with van der Waals surface area (Å²) in [5.74, 6) is -0.333. The van der Waals surface area contributed by atoms with Crippen LogP contribution in [0.4, 0.5) is 0 Å². The number of nitrogens with one attached hydrogen (secondary N) is 1. The molecular weight excluding hydrogens is 380 g/mol. The average molecular weight is 403 g/mol. The summed E-state index contributed by atoms with van der Waals surface area (Å²) in [5.41, 5.74) is 4.03. The lowest BCUT2D eigenvalue weighted by Gasteiger charge is -2.20. The van der Waals surface area contributed by atoms with Gasteiger partial charge in [0.25, 0.3) is 5.56 Å². The van der Waals surface area contributed by atoms with Crippen LogP contribution in [0.1, 0.15) is 31.9 Å². The second-order valence-corrected chi connectivity index (χ2v) is 9.32. The maximum Gasteiger partial charge on any atom is 0.322 e. The molecule has 7 heteroatoms. The molecule has 0 unspecified atom stereocenters. The number of carbonyl (C=O) groups excluding carboxylic acids is 1. The van der Waals surface area contributed by atoms with Gasteiger partial charge in [0, 0.05) is 10.9 Å². The van der Waals surface area contributed by atoms with Crippen molar-refractivity contribution < 1.29 is 9.53 Å². The van der Waals surface area contributed by atoms with Crippen LogP contribution in [0, 0.1) is 13.8 Å². The van der Waals surface area contributed by atoms with Crippen LogP contribution in [-0.2, 0) is 9.53 Å². The smallest absolute Gasteiger partial charge is 0.322 e. The number of ether oxygens (including phenoxy) is 1. The van der Waals surface area contributed by atoms with Crippen molar-refractivity contribution >= 4 is 39.3 Å². The summed E-state index contributed by atoms with van der Waals surface area (Å²) in [5, 5.41) is 2.97. The number of nitrogens with zero attached hydrogens (tertiary/aromatic N) is 1. The fourth-order valence-corrected chi connectivity index (χ4v) is 4.78. The normalized spacial score (nSPS) is 11.7. The van der Waals surface area contributed by atoms with Gasteiger partial charge in [-0.2, -0.15) is 0 Å². The van der Waals surface area contributed by atoms with Gasteiger partial charge >= 0.3 is 5.97 Å². The highest BCUT2D eigenvalue weighted by atomic mass is 32.2. The first kappa shape index (κ1) is 19.6. The zero-order valence-corrected chi connectivity index (χ0v) is 17.6. The molecule has 0 fully saturated rings. The van der Waals surface area contributed by atoms with Gasteiger partial charge in [0.15, 0.2) is 5.16 Å². The third-order valence-electron chi connectivity index (χ3n) is 4.21. The van der Waals surface area contributed by atoms with Gasteiger partial charge in [-0.05, 0) is 45.7 Å². The number of aryl methyl sites for hydroxylation is 2. The number of rotatable bonds is 5. The van der Waals surface area contributed by atoms with Crippen LogP contribution in [0.25, 0.3) is 21.3 Å². The molecule has 2 aromatic heterocycles. The Morgan fingerprint density at radius 1 is 1.30 bits per heavy atom. The van der Waals surface area contributed by atoms with Crippen molar-refractivity contribution in [1.82, 2.24) is 9.97 Å². The highest BCUT2D eigenvalue weighted by Crippen LogP contribution is 2.36. The summed E-state index contributed by atoms with van der Waals surface area (Å²) >= 11 is 2.63. The Labute approximate surface area is 166 Å². The summed E-state index contributed by atoms with van der Waals surface area (Å²) in [6.07, 6.45) is 0. The fraction of sp³-hybridized carbons (Fsp3) is 0.350. The van der Waals surface area contributed by atoms with Gasteiger partial charge in [0.05, 0.1) is 12.0 Å². The van der Waals surface area contributed by atoms with Crippen molar-refractivity contribution in [1.29, 1.82) is 0 Å². The van der Waals surface area contributed by atoms with Crippen LogP contribution < -0.4 is 5.56 Å². The average Bonchev–Trinajstić information content (AvgIpc) is 2.99. The molecule has 0 aliphatic rings. The van der Waals surface area contributed by atoms with Gasteiger partial charge in [0.2, 0.25) is 0 Å². The van der Waals surface area contributed by atoms with Crippen LogP contribution >= 0.6 is 23.1 Å². The number of hydrogen-bond donors (Lipinski definition) is 1. The fourth-order valence-electron chi connectivity index (χ4n) is 2.88. The summed E-state index contributed by atoms with van der Waals surface area (Å²) in [7, 11) is 0. The van der Waals surface area contributed by atoms with E-state index in [1.807, 2.05) is 31.4 Å². The number of carbonyl (C=O) groups is 1. The maximum atomic E-state index is 12.8. The highest BCUT2D eigenvalue weighted by molar-refractivity contribution is 8.01. The number of fused-ring (bicyclic) bond motifs is 1. The lowest BCUT2D eigenvalue weighted by molar-refractivity contribution is -0.145. The predicted octanol–water partition coefficient (Wildman–Crippen LogP) is 4.70. The number of benzene rings is 1. The lowest BCUT2D eigenvalue weighted by atomic mass is 9.99. The molecule has 2 heterocycles. The van der Waals surface area contributed by atoms with Crippen molar-refractivity contribution in [3.05, 3.63) is 45.1 Å². The topological polar surface area (TPSA) is 72.0 Å². The van der Waals surface area contributed by atoms with Crippen LogP contribution in [0.3, 0.4) is 0 Å². The Morgan fingerprint density at radius 3 is 2.70 bits per heavy atom. The van der Waals surface area contributed by atoms with Crippen molar-refractivity contribution in [3.8, 4) is 11.1 Å². The molecule has 5 nitrogen and oxygen atoms in total. The number of aromatic nitrogens is 2. The van der Waals surface area contributed by atoms with Crippen LogP contribution in [0.2, 0.25) is 0 Å². The van der Waals surface area contributed by atoms with E-state index in [0.717, 1.165) is 16.7 Å². The van der Waals surface area contributed by atoms with Crippen molar-refractivity contribution in [2.45, 2.75) is 44.5 Å². The van der Waals surface area contributed by atoms with E-state index >= 15 is 0 Å². The Kier molecular flexibility index (Phi) is 5.44. The molecule has 0 saturated carbocycles. The van der Waals surface area contributed by atoms with E-state index in [-0.39, 0.29) is 11.5 Å². The molecule has 1 N–H and O–H groups in total. The monoisotopic (exact) mass is 402 g/mol. The van der Waals surface area contributed by atoms with Gasteiger partial charge in [-0.3, -0.25) is 9.59 Å². The molecule has 0 saturated heterocycles. The van der Waals surface area contributed by atoms with E-state index in [2.05, 4.69) is 16.0 Å². The Hall–Kier alpha value is -2.12. The zero-order valence-electron chi connectivity index (χ0n) is 16.0. The summed E-state index contributed by atoms with van der Waals surface area (Å²) in [6.45, 7) is 9.69. The lowest BCUT2D eigenvalue weighted by Crippen LogP contribution is -2.30. The molecule has 0 amide bonds. The zero-order chi connectivity index (χ0) is 19.8. The van der Waals surface area contributed by atoms with E-state index < -0.39 is 4.75 Å². The standard InChI is InChI=1S/C20H22N2O3S2/c1-6-25-18(24)20(4,5)27-19-21-16(23)15-14(10-26-17(15)22-19)13-8-7-11(2)9-12(13)3/h7-10H,6H2,1-5H3,(H,21,22,23). The van der Waals surface area contributed by atoms with Crippen molar-refractivity contribution in [2.24, 2.45) is 0 Å². The van der Waals surface area contributed by atoms with Gasteiger partial charge in [-0.25, -0.2) is 4.98 Å². The highest BCUT2D eigenvalue weighted by Gasteiger charge is 2.32. The quantitative estimate of drug-likeness (QED) is 0.380. The second kappa shape index (κ2) is 7.48. The van der Waals surface area contributed by atoms with Gasteiger partial charge < -0.3 is 9.72 Å². The van der Waals surface area contributed by atoms with E-state index in [1.54, 1.807) is 20.8 Å². The molecule has 1 aromatic carbocycles. The Morgan fingerprint density at radius 2 is 2.04 bits per heavy atom. The van der Waals surface area contributed by atoms with Crippen LogP contribution in [-0.4, -0.2) is 27.3 Å². The van der Waals surface area contributed by atoms with Gasteiger partial charge in [-0.15, -0.1) is 11.3 Å². The van der Waals surface area contributed by atoms with E-state index in [0.29, 0.717) is 22.0 Å². The molecule has 0 atom stereocenters. The molecule has 0 spiro atoms. The molecule has 27 heavy (non-hydrogen) atoms. The molecule has 3 aromatic rings. The van der Waals surface area contributed by atoms with E-state index in [1.165, 1.54) is 28.7 Å². The first-order valence-electron chi connectivity index (χ1n) is 8.68. The number of thioether (sulfide) groups is 1. The molecule has 0 aliphatic heterocycles. The molecule has 0 bridgehead atoms. The number of H-pyrrole nitrogens is 1. The first-order valence-corrected chi connectivity index (χ1v) is 10.4. The number of thiophene rings is 1. The van der Waals surface area contributed by atoms with Crippen molar-refractivity contribution in [3.63, 3.8) is 0 Å². The minimum Gasteiger partial charge on any atom is -0.465 e. The van der Waals surface area contributed by atoms with E-state index in [9.17, 15) is 9.59 Å². The largest absolute Gasteiger partial charge is 0.465 e. The molecular formula is C20H22N2O3S2. The third-order valence-corrected chi connectivity index (χ3v) is 6.15. The minimum absolute atomic E-state index is 0.196. The molecule has 3 rings (SSSR count). The third kappa shape index (κ3) is 3.94. The van der Waals surface area contributed by atoms with Gasteiger partial charge in [-0.1, -0.05) is 35.5 Å². The van der Waals surface area contributed by atoms with Crippen LogP contribution in [0.15, 0.2) is 33.5 Å². The molecule has 0 radical (unpaired) electrons. The number of hydrogen-bond acceptors (Lipinski definition) is 6. The van der Waals surface area contributed by atoms with Crippen LogP contribution in [0.5, 0.6) is 0 Å². The van der Waals surface area contributed by atoms with E-state index in [4.69, 9.17) is 4.74 Å². The molecule has 0 aliphatic carbocycles. The number of esters is 1. The van der Waals surface area contributed by atoms with Gasteiger partial charge in [0.1, 0.15) is 9.58 Å². The summed E-state index contributed by atoms with van der Waals surface area (Å²) in [4.78, 5) is 33.0. The second-order valence-electron chi connectivity index (χ2n) is 6.85. The first-order chi connectivity index (χ1) is 12.7. The number of aromatic amines is 1. The minimum atomic E-state index is -0.840. The summed E-state index contributed by atoms with van der Waals surface area (Å²) < 4.78 is 4.26. The SMILES string of the molecule is CCOC(=O)C(C)(C)Sc1nc2scc(-c3ccc(C)cc3C)c2c(=O)[nH]1. The maximum absolute atomic E-state index is 12.8. The predicted molar refractivity (Wildman–Crippen MR) is 112 cm³/mol. The summed E-state index contributed by atoms with van der Waals surface area (Å²) in [6, 6.07) is 6.18. The van der Waals surface area contributed by atoms with Crippen molar-refractivity contribution in [2.75, 3.05) is 6.61 Å². The Bertz CT molecular complexity index is 1070.